The van der Waals surface area contributed by atoms with Crippen LogP contribution < -0.4 is 9.47 Å². The minimum Gasteiger partial charge on any atom is -0.497 e. The van der Waals surface area contributed by atoms with Crippen molar-refractivity contribution in [3.05, 3.63) is 83.9 Å². The maximum absolute atomic E-state index is 14.0. The highest BCUT2D eigenvalue weighted by atomic mass is 16.5. The van der Waals surface area contributed by atoms with E-state index in [1.165, 1.54) is 0 Å². The topological polar surface area (TPSA) is 38.8 Å². The van der Waals surface area contributed by atoms with E-state index in [0.717, 1.165) is 44.2 Å². The molecular weight excluding hydrogens is 434 g/mol. The quantitative estimate of drug-likeness (QED) is 0.276. The number of ether oxygens (including phenoxy) is 2. The lowest BCUT2D eigenvalue weighted by Crippen LogP contribution is -2.43. The number of nitrogens with zero attached hydrogens (tertiary/aromatic N) is 1. The molecule has 0 bridgehead atoms. The summed E-state index contributed by atoms with van der Waals surface area (Å²) in [5.41, 5.74) is 1.27. The Morgan fingerprint density at radius 2 is 1.26 bits per heavy atom. The summed E-state index contributed by atoms with van der Waals surface area (Å²) in [7, 11) is 7.50. The molecule has 4 nitrogen and oxygen atoms in total. The fourth-order valence-corrected chi connectivity index (χ4v) is 5.00. The van der Waals surface area contributed by atoms with Gasteiger partial charge in [-0.1, -0.05) is 43.3 Å². The summed E-state index contributed by atoms with van der Waals surface area (Å²) < 4.78 is 10.9. The first-order valence-electron chi connectivity index (χ1n) is 12.2. The fraction of sp³-hybridized carbons (Fsp3) is 0.323. The standard InChI is InChI=1S/C31H35NO3/c1-7-30(33)31(20-21(2)32(3)4,26-13-9-24-18-28(34-5)15-11-23(24)16-26)27-12-8-22-10-14-29(35-6)19-25(22)17-27/h8-19,21H,7,20H2,1-6H3/t21-,31+/m0/s1. The van der Waals surface area contributed by atoms with E-state index in [0.29, 0.717) is 12.8 Å². The number of carbonyl (C=O) groups excluding carboxylic acids is 1. The maximum Gasteiger partial charge on any atom is 0.147 e. The molecule has 0 amide bonds. The van der Waals surface area contributed by atoms with Gasteiger partial charge in [0, 0.05) is 12.5 Å². The smallest absolute Gasteiger partial charge is 0.147 e. The molecule has 0 aliphatic heterocycles. The number of ketones is 1. The molecule has 0 unspecified atom stereocenters. The van der Waals surface area contributed by atoms with Gasteiger partial charge in [-0.2, -0.15) is 0 Å². The Bertz CT molecular complexity index is 1360. The molecule has 4 aromatic carbocycles. The normalized spacial score (nSPS) is 14.1. The van der Waals surface area contributed by atoms with Gasteiger partial charge in [-0.05, 0) is 96.5 Å². The van der Waals surface area contributed by atoms with E-state index >= 15 is 0 Å². The average molecular weight is 470 g/mol. The lowest BCUT2D eigenvalue weighted by molar-refractivity contribution is -0.123. The van der Waals surface area contributed by atoms with Gasteiger partial charge in [-0.15, -0.1) is 0 Å². The highest BCUT2D eigenvalue weighted by molar-refractivity contribution is 5.97. The molecule has 4 rings (SSSR count). The number of carbonyl (C=O) groups is 1. The Morgan fingerprint density at radius 3 is 1.83 bits per heavy atom. The van der Waals surface area contributed by atoms with Crippen LogP contribution in [0, 0.1) is 0 Å². The molecule has 0 spiro atoms. The van der Waals surface area contributed by atoms with Crippen LogP contribution in [-0.4, -0.2) is 45.0 Å². The molecule has 0 saturated carbocycles. The van der Waals surface area contributed by atoms with Gasteiger partial charge < -0.3 is 14.4 Å². The fourth-order valence-electron chi connectivity index (χ4n) is 5.00. The van der Waals surface area contributed by atoms with E-state index in [2.05, 4.69) is 74.4 Å². The summed E-state index contributed by atoms with van der Waals surface area (Å²) in [6, 6.07) is 25.2. The van der Waals surface area contributed by atoms with Gasteiger partial charge in [0.05, 0.1) is 19.6 Å². The summed E-state index contributed by atoms with van der Waals surface area (Å²) in [5.74, 6) is 1.86. The molecule has 0 radical (unpaired) electrons. The molecule has 0 aromatic heterocycles. The zero-order valence-corrected chi connectivity index (χ0v) is 21.6. The molecule has 182 valence electrons. The molecule has 0 aliphatic rings. The maximum atomic E-state index is 14.0. The Morgan fingerprint density at radius 1 is 0.771 bits per heavy atom. The first-order valence-corrected chi connectivity index (χ1v) is 12.2. The number of hydrogen-bond acceptors (Lipinski definition) is 4. The van der Waals surface area contributed by atoms with Gasteiger partial charge in [0.25, 0.3) is 0 Å². The van der Waals surface area contributed by atoms with Crippen molar-refractivity contribution in [3.8, 4) is 11.5 Å². The average Bonchev–Trinajstić information content (AvgIpc) is 2.89. The Kier molecular flexibility index (Phi) is 7.13. The van der Waals surface area contributed by atoms with Gasteiger partial charge in [-0.3, -0.25) is 4.79 Å². The molecule has 0 saturated heterocycles. The molecule has 35 heavy (non-hydrogen) atoms. The van der Waals surface area contributed by atoms with Crippen molar-refractivity contribution in [2.24, 2.45) is 0 Å². The van der Waals surface area contributed by atoms with Gasteiger partial charge in [0.15, 0.2) is 0 Å². The number of benzene rings is 4. The molecule has 2 atom stereocenters. The van der Waals surface area contributed by atoms with E-state index in [1.54, 1.807) is 14.2 Å². The van der Waals surface area contributed by atoms with Gasteiger partial charge in [-0.25, -0.2) is 0 Å². The summed E-state index contributed by atoms with van der Waals surface area (Å²) in [6.45, 7) is 4.15. The van der Waals surface area contributed by atoms with Crippen LogP contribution in [0.5, 0.6) is 11.5 Å². The van der Waals surface area contributed by atoms with E-state index in [9.17, 15) is 4.79 Å². The van der Waals surface area contributed by atoms with Gasteiger partial charge in [0.2, 0.25) is 0 Å². The molecular formula is C31H35NO3. The largest absolute Gasteiger partial charge is 0.497 e. The van der Waals surface area contributed by atoms with Gasteiger partial charge >= 0.3 is 0 Å². The summed E-state index contributed by atoms with van der Waals surface area (Å²) in [6.07, 6.45) is 1.14. The molecule has 0 heterocycles. The number of fused-ring (bicyclic) bond motifs is 2. The molecule has 0 aliphatic carbocycles. The van der Waals surface area contributed by atoms with E-state index in [4.69, 9.17) is 9.47 Å². The van der Waals surface area contributed by atoms with Crippen LogP contribution in [0.25, 0.3) is 21.5 Å². The van der Waals surface area contributed by atoms with Crippen molar-refractivity contribution >= 4 is 27.3 Å². The third kappa shape index (κ3) is 4.63. The summed E-state index contributed by atoms with van der Waals surface area (Å²) >= 11 is 0. The number of Topliss-reactive ketones (excluding diaryl/α,β-unsaturated/α-hetero) is 1. The third-order valence-electron chi connectivity index (χ3n) is 7.36. The predicted molar refractivity (Wildman–Crippen MR) is 145 cm³/mol. The molecule has 4 heteroatoms. The second-order valence-corrected chi connectivity index (χ2v) is 9.55. The minimum absolute atomic E-state index is 0.193. The van der Waals surface area contributed by atoms with Crippen LogP contribution in [0.2, 0.25) is 0 Å². The van der Waals surface area contributed by atoms with Crippen molar-refractivity contribution in [2.45, 2.75) is 38.1 Å². The van der Waals surface area contributed by atoms with E-state index in [1.807, 2.05) is 31.2 Å². The number of hydrogen-bond donors (Lipinski definition) is 0. The number of rotatable bonds is 9. The first kappa shape index (κ1) is 24.7. The highest BCUT2D eigenvalue weighted by Crippen LogP contribution is 2.42. The van der Waals surface area contributed by atoms with Crippen LogP contribution >= 0.6 is 0 Å². The van der Waals surface area contributed by atoms with Crippen LogP contribution in [0.15, 0.2) is 72.8 Å². The second-order valence-electron chi connectivity index (χ2n) is 9.55. The van der Waals surface area contributed by atoms with E-state index in [-0.39, 0.29) is 11.8 Å². The SMILES string of the molecule is CCC(=O)[C@](C[C@H](C)N(C)C)(c1ccc2cc(OC)ccc2c1)c1ccc2ccc(OC)cc2c1. The van der Waals surface area contributed by atoms with Crippen LogP contribution in [-0.2, 0) is 10.2 Å². The third-order valence-corrected chi connectivity index (χ3v) is 7.36. The van der Waals surface area contributed by atoms with Crippen molar-refractivity contribution in [1.82, 2.24) is 4.90 Å². The zero-order valence-electron chi connectivity index (χ0n) is 21.6. The van der Waals surface area contributed by atoms with Crippen LogP contribution in [0.3, 0.4) is 0 Å². The summed E-state index contributed by atoms with van der Waals surface area (Å²) in [5, 5.41) is 4.38. The molecule has 4 aromatic rings. The first-order chi connectivity index (χ1) is 16.8. The van der Waals surface area contributed by atoms with Crippen LogP contribution in [0.1, 0.15) is 37.8 Å². The predicted octanol–water partition coefficient (Wildman–Crippen LogP) is 6.62. The van der Waals surface area contributed by atoms with Crippen molar-refractivity contribution < 1.29 is 14.3 Å². The zero-order chi connectivity index (χ0) is 25.2. The minimum atomic E-state index is -0.774. The van der Waals surface area contributed by atoms with Gasteiger partial charge in [0.1, 0.15) is 17.3 Å². The monoisotopic (exact) mass is 469 g/mol. The van der Waals surface area contributed by atoms with Crippen LogP contribution in [0.4, 0.5) is 0 Å². The summed E-state index contributed by atoms with van der Waals surface area (Å²) in [4.78, 5) is 16.2. The second kappa shape index (κ2) is 10.1. The number of methoxy groups -OCH3 is 2. The van der Waals surface area contributed by atoms with Crippen molar-refractivity contribution in [1.29, 1.82) is 0 Å². The molecule has 0 N–H and O–H groups in total. The Balaban J connectivity index is 2.00. The van der Waals surface area contributed by atoms with Crippen molar-refractivity contribution in [3.63, 3.8) is 0 Å². The van der Waals surface area contributed by atoms with Crippen molar-refractivity contribution in [2.75, 3.05) is 28.3 Å². The highest BCUT2D eigenvalue weighted by Gasteiger charge is 2.42. The Hall–Kier alpha value is -3.37. The lowest BCUT2D eigenvalue weighted by atomic mass is 9.66. The lowest BCUT2D eigenvalue weighted by Gasteiger charge is -2.38. The van der Waals surface area contributed by atoms with E-state index < -0.39 is 5.41 Å². The Labute approximate surface area is 208 Å². The molecule has 0 fully saturated rings.